The van der Waals surface area contributed by atoms with Crippen molar-refractivity contribution in [2.75, 3.05) is 4.90 Å². The van der Waals surface area contributed by atoms with Crippen molar-refractivity contribution in [1.82, 2.24) is 0 Å². The average molecular weight is 426 g/mol. The minimum atomic E-state index is 0.968. The van der Waals surface area contributed by atoms with Crippen LogP contribution in [0.3, 0.4) is 0 Å². The molecule has 2 aliphatic carbocycles. The molecule has 0 unspecified atom stereocenters. The molecule has 4 aromatic carbocycles. The topological polar surface area (TPSA) is 3.24 Å². The van der Waals surface area contributed by atoms with E-state index in [-0.39, 0.29) is 0 Å². The van der Waals surface area contributed by atoms with Gasteiger partial charge in [0.15, 0.2) is 0 Å². The third-order valence-corrected chi connectivity index (χ3v) is 6.95. The molecule has 0 saturated heterocycles. The number of rotatable bonds is 4. The molecule has 0 atom stereocenters. The summed E-state index contributed by atoms with van der Waals surface area (Å²) in [5.41, 5.74) is 13.0. The molecular formula is C32H27N. The Morgan fingerprint density at radius 3 is 2.09 bits per heavy atom. The van der Waals surface area contributed by atoms with Crippen LogP contribution in [-0.2, 0) is 6.42 Å². The number of hydrogen-bond donors (Lipinski definition) is 0. The first-order valence-electron chi connectivity index (χ1n) is 11.7. The Kier molecular flexibility index (Phi) is 4.58. The molecule has 0 spiro atoms. The quantitative estimate of drug-likeness (QED) is 0.316. The molecule has 0 fully saturated rings. The number of allylic oxidation sites excluding steroid dienone is 4. The molecule has 0 bridgehead atoms. The molecule has 0 aromatic heterocycles. The fourth-order valence-electron chi connectivity index (χ4n) is 5.24. The SMILES string of the molecule is C=CC1=Cc2ccc3cc(N(c4ccc(C)cc4)c4ccc(C)cc4)cc4c3c2C(=CC4)C1. The average Bonchev–Trinajstić information content (AvgIpc) is 2.84. The smallest absolute Gasteiger partial charge is 0.0470 e. The summed E-state index contributed by atoms with van der Waals surface area (Å²) in [6.45, 7) is 8.28. The molecule has 33 heavy (non-hydrogen) atoms. The van der Waals surface area contributed by atoms with E-state index in [9.17, 15) is 0 Å². The summed E-state index contributed by atoms with van der Waals surface area (Å²) >= 11 is 0. The number of aryl methyl sites for hydroxylation is 2. The zero-order valence-corrected chi connectivity index (χ0v) is 19.2. The molecular weight excluding hydrogens is 398 g/mol. The van der Waals surface area contributed by atoms with E-state index in [4.69, 9.17) is 0 Å². The fraction of sp³-hybridized carbons (Fsp3) is 0.125. The maximum atomic E-state index is 4.00. The van der Waals surface area contributed by atoms with Crippen LogP contribution in [0.15, 0.2) is 97.1 Å². The number of nitrogens with zero attached hydrogens (tertiary/aromatic N) is 1. The molecule has 0 aliphatic heterocycles. The first-order valence-corrected chi connectivity index (χ1v) is 11.7. The van der Waals surface area contributed by atoms with Crippen molar-refractivity contribution < 1.29 is 0 Å². The minimum absolute atomic E-state index is 0.968. The second-order valence-electron chi connectivity index (χ2n) is 9.27. The van der Waals surface area contributed by atoms with Gasteiger partial charge in [-0.25, -0.2) is 0 Å². The van der Waals surface area contributed by atoms with Gasteiger partial charge < -0.3 is 4.90 Å². The van der Waals surface area contributed by atoms with Gasteiger partial charge in [-0.1, -0.05) is 72.3 Å². The second kappa shape index (κ2) is 7.64. The first-order chi connectivity index (χ1) is 16.1. The molecule has 4 aromatic rings. The summed E-state index contributed by atoms with van der Waals surface area (Å²) in [5.74, 6) is 0. The maximum Gasteiger partial charge on any atom is 0.0470 e. The summed E-state index contributed by atoms with van der Waals surface area (Å²) < 4.78 is 0. The van der Waals surface area contributed by atoms with Gasteiger partial charge in [0.2, 0.25) is 0 Å². The molecule has 160 valence electrons. The van der Waals surface area contributed by atoms with Crippen molar-refractivity contribution in [1.29, 1.82) is 0 Å². The van der Waals surface area contributed by atoms with Crippen molar-refractivity contribution in [2.45, 2.75) is 26.7 Å². The Morgan fingerprint density at radius 2 is 1.45 bits per heavy atom. The molecule has 1 heteroatoms. The monoisotopic (exact) mass is 425 g/mol. The van der Waals surface area contributed by atoms with E-state index in [1.807, 2.05) is 6.08 Å². The van der Waals surface area contributed by atoms with E-state index in [2.05, 4.69) is 110 Å². The van der Waals surface area contributed by atoms with Crippen LogP contribution < -0.4 is 4.90 Å². The predicted molar refractivity (Wildman–Crippen MR) is 143 cm³/mol. The largest absolute Gasteiger partial charge is 0.310 e. The van der Waals surface area contributed by atoms with Crippen LogP contribution in [0.25, 0.3) is 22.4 Å². The van der Waals surface area contributed by atoms with Gasteiger partial charge in [-0.05, 0) is 102 Å². The summed E-state index contributed by atoms with van der Waals surface area (Å²) in [7, 11) is 0. The molecule has 0 saturated carbocycles. The van der Waals surface area contributed by atoms with E-state index < -0.39 is 0 Å². The molecule has 0 N–H and O–H groups in total. The highest BCUT2D eigenvalue weighted by molar-refractivity contribution is 6.05. The van der Waals surface area contributed by atoms with Gasteiger partial charge in [0, 0.05) is 17.1 Å². The highest BCUT2D eigenvalue weighted by Gasteiger charge is 2.23. The Labute approximate surface area is 196 Å². The first kappa shape index (κ1) is 19.8. The highest BCUT2D eigenvalue weighted by Crippen LogP contribution is 2.45. The van der Waals surface area contributed by atoms with Crippen LogP contribution in [0.2, 0.25) is 0 Å². The molecule has 2 aliphatic rings. The highest BCUT2D eigenvalue weighted by atomic mass is 15.1. The molecule has 1 nitrogen and oxygen atoms in total. The second-order valence-corrected chi connectivity index (χ2v) is 9.27. The fourth-order valence-corrected chi connectivity index (χ4v) is 5.24. The number of benzene rings is 4. The van der Waals surface area contributed by atoms with Crippen molar-refractivity contribution in [3.63, 3.8) is 0 Å². The standard InChI is InChI=1S/C32H27N/c1-4-23-17-24-9-11-26-19-30(20-27-12-10-25(18-23)31(24)32(26)27)33(28-13-5-21(2)6-14-28)29-15-7-22(3)8-16-29/h4-11,13-17,19-20H,1,12,18H2,2-3H3. The lowest BCUT2D eigenvalue weighted by atomic mass is 9.79. The molecule has 0 heterocycles. The van der Waals surface area contributed by atoms with E-state index >= 15 is 0 Å². The van der Waals surface area contributed by atoms with Crippen molar-refractivity contribution in [3.8, 4) is 0 Å². The van der Waals surface area contributed by atoms with Gasteiger partial charge in [-0.2, -0.15) is 0 Å². The Hall–Kier alpha value is -3.84. The van der Waals surface area contributed by atoms with E-state index in [1.165, 1.54) is 66.8 Å². The summed E-state index contributed by atoms with van der Waals surface area (Å²) in [5, 5.41) is 2.73. The summed E-state index contributed by atoms with van der Waals surface area (Å²) in [4.78, 5) is 2.38. The lowest BCUT2D eigenvalue weighted by Crippen LogP contribution is -2.12. The van der Waals surface area contributed by atoms with Crippen LogP contribution in [0.5, 0.6) is 0 Å². The van der Waals surface area contributed by atoms with Crippen LogP contribution in [0.4, 0.5) is 17.1 Å². The minimum Gasteiger partial charge on any atom is -0.310 e. The zero-order chi connectivity index (χ0) is 22.5. The van der Waals surface area contributed by atoms with E-state index in [1.54, 1.807) is 0 Å². The van der Waals surface area contributed by atoms with Gasteiger partial charge in [0.1, 0.15) is 0 Å². The summed E-state index contributed by atoms with van der Waals surface area (Å²) in [6, 6.07) is 26.9. The third kappa shape index (κ3) is 3.32. The van der Waals surface area contributed by atoms with Crippen molar-refractivity contribution >= 4 is 39.5 Å². The van der Waals surface area contributed by atoms with Gasteiger partial charge in [-0.15, -0.1) is 0 Å². The molecule has 6 rings (SSSR count). The van der Waals surface area contributed by atoms with Crippen molar-refractivity contribution in [2.24, 2.45) is 0 Å². The van der Waals surface area contributed by atoms with Crippen LogP contribution in [0, 0.1) is 13.8 Å². The Bertz CT molecular complexity index is 1420. The van der Waals surface area contributed by atoms with E-state index in [0.29, 0.717) is 0 Å². The number of anilines is 3. The van der Waals surface area contributed by atoms with Gasteiger partial charge in [0.05, 0.1) is 0 Å². The zero-order valence-electron chi connectivity index (χ0n) is 19.2. The van der Waals surface area contributed by atoms with Crippen LogP contribution in [-0.4, -0.2) is 0 Å². The lowest BCUT2D eigenvalue weighted by Gasteiger charge is -2.29. The van der Waals surface area contributed by atoms with Gasteiger partial charge >= 0.3 is 0 Å². The Morgan fingerprint density at radius 1 is 0.788 bits per heavy atom. The van der Waals surface area contributed by atoms with Gasteiger partial charge in [-0.3, -0.25) is 0 Å². The lowest BCUT2D eigenvalue weighted by molar-refractivity contribution is 1.19. The predicted octanol–water partition coefficient (Wildman–Crippen LogP) is 8.84. The maximum absolute atomic E-state index is 4.00. The number of hydrogen-bond acceptors (Lipinski definition) is 1. The molecule has 0 radical (unpaired) electrons. The Balaban J connectivity index is 1.57. The third-order valence-electron chi connectivity index (χ3n) is 6.95. The van der Waals surface area contributed by atoms with Crippen LogP contribution >= 0.6 is 0 Å². The van der Waals surface area contributed by atoms with Crippen molar-refractivity contribution in [3.05, 3.63) is 125 Å². The molecule has 0 amide bonds. The summed E-state index contributed by atoms with van der Waals surface area (Å²) in [6.07, 6.45) is 8.66. The van der Waals surface area contributed by atoms with E-state index in [0.717, 1.165) is 12.8 Å². The van der Waals surface area contributed by atoms with Crippen LogP contribution in [0.1, 0.15) is 34.2 Å². The van der Waals surface area contributed by atoms with Gasteiger partial charge in [0.25, 0.3) is 0 Å². The normalized spacial score (nSPS) is 14.0.